The third-order valence-corrected chi connectivity index (χ3v) is 4.98. The van der Waals surface area contributed by atoms with Gasteiger partial charge >= 0.3 is 6.18 Å². The molecule has 1 aromatic heterocycles. The first-order valence-electron chi connectivity index (χ1n) is 9.56. The van der Waals surface area contributed by atoms with Crippen LogP contribution in [-0.2, 0) is 0 Å². The zero-order valence-electron chi connectivity index (χ0n) is 17.3. The molecule has 0 fully saturated rings. The van der Waals surface area contributed by atoms with E-state index in [4.69, 9.17) is 0 Å². The number of anilines is 1. The number of allylic oxidation sites excluding steroid dienone is 1. The molecule has 158 valence electrons. The van der Waals surface area contributed by atoms with Gasteiger partial charge in [-0.25, -0.2) is 9.82 Å². The van der Waals surface area contributed by atoms with Crippen molar-refractivity contribution in [1.82, 2.24) is 10.4 Å². The van der Waals surface area contributed by atoms with Gasteiger partial charge in [0.1, 0.15) is 11.9 Å². The summed E-state index contributed by atoms with van der Waals surface area (Å²) in [6.45, 7) is 8.81. The van der Waals surface area contributed by atoms with Crippen LogP contribution in [-0.4, -0.2) is 17.2 Å². The molecule has 0 amide bonds. The predicted octanol–water partition coefficient (Wildman–Crippen LogP) is 6.29. The molecule has 0 saturated carbocycles. The SMILES string of the molecule is CCC(C)/C(=C\c1cc(F)c(C)cc1C)c1ccc(NNC(C)C(F)(F)F)cn1. The lowest BCUT2D eigenvalue weighted by molar-refractivity contribution is -0.150. The molecule has 2 atom stereocenters. The maximum atomic E-state index is 14.0. The Morgan fingerprint density at radius 2 is 1.83 bits per heavy atom. The molecule has 0 aliphatic rings. The zero-order valence-corrected chi connectivity index (χ0v) is 17.3. The largest absolute Gasteiger partial charge is 0.405 e. The minimum atomic E-state index is -4.34. The van der Waals surface area contributed by atoms with E-state index >= 15 is 0 Å². The van der Waals surface area contributed by atoms with E-state index in [-0.39, 0.29) is 11.7 Å². The molecule has 2 N–H and O–H groups in total. The summed E-state index contributed by atoms with van der Waals surface area (Å²) in [5, 5.41) is 0. The van der Waals surface area contributed by atoms with Gasteiger partial charge in [0.15, 0.2) is 0 Å². The lowest BCUT2D eigenvalue weighted by atomic mass is 9.92. The predicted molar refractivity (Wildman–Crippen MR) is 110 cm³/mol. The maximum Gasteiger partial charge on any atom is 0.405 e. The number of hydrazine groups is 1. The fourth-order valence-electron chi connectivity index (χ4n) is 2.76. The molecule has 0 radical (unpaired) electrons. The average Bonchev–Trinajstić information content (AvgIpc) is 2.67. The van der Waals surface area contributed by atoms with E-state index in [1.807, 2.05) is 19.1 Å². The molecule has 7 heteroatoms. The molecule has 2 rings (SSSR count). The Bertz CT molecular complexity index is 858. The number of alkyl halides is 3. The molecule has 3 nitrogen and oxygen atoms in total. The molecule has 0 saturated heterocycles. The van der Waals surface area contributed by atoms with E-state index in [1.165, 1.54) is 12.3 Å². The van der Waals surface area contributed by atoms with Gasteiger partial charge in [-0.2, -0.15) is 13.2 Å². The van der Waals surface area contributed by atoms with Crippen molar-refractivity contribution >= 4 is 17.3 Å². The molecule has 0 spiro atoms. The Morgan fingerprint density at radius 1 is 1.14 bits per heavy atom. The molecular weight excluding hydrogens is 382 g/mol. The van der Waals surface area contributed by atoms with Gasteiger partial charge in [0.2, 0.25) is 0 Å². The van der Waals surface area contributed by atoms with E-state index in [0.29, 0.717) is 16.9 Å². The highest BCUT2D eigenvalue weighted by atomic mass is 19.4. The first kappa shape index (κ1) is 22.9. The summed E-state index contributed by atoms with van der Waals surface area (Å²) in [5.41, 5.74) is 9.16. The quantitative estimate of drug-likeness (QED) is 0.417. The summed E-state index contributed by atoms with van der Waals surface area (Å²) < 4.78 is 51.8. The number of hydrogen-bond donors (Lipinski definition) is 2. The third-order valence-electron chi connectivity index (χ3n) is 4.98. The van der Waals surface area contributed by atoms with Gasteiger partial charge in [-0.05, 0) is 79.6 Å². The maximum absolute atomic E-state index is 14.0. The zero-order chi connectivity index (χ0) is 21.8. The van der Waals surface area contributed by atoms with Gasteiger partial charge in [-0.15, -0.1) is 0 Å². The van der Waals surface area contributed by atoms with Crippen molar-refractivity contribution in [3.8, 4) is 0 Å². The second-order valence-electron chi connectivity index (χ2n) is 7.33. The first-order valence-corrected chi connectivity index (χ1v) is 9.56. The van der Waals surface area contributed by atoms with Crippen molar-refractivity contribution in [3.05, 3.63) is 58.7 Å². The van der Waals surface area contributed by atoms with Crippen LogP contribution in [0.1, 0.15) is 49.6 Å². The number of benzene rings is 1. The van der Waals surface area contributed by atoms with Crippen LogP contribution in [0.25, 0.3) is 11.6 Å². The van der Waals surface area contributed by atoms with Crippen LogP contribution < -0.4 is 10.9 Å². The number of halogens is 4. The highest BCUT2D eigenvalue weighted by Gasteiger charge is 2.35. The number of nitrogens with one attached hydrogen (secondary N) is 2. The topological polar surface area (TPSA) is 37.0 Å². The van der Waals surface area contributed by atoms with Crippen molar-refractivity contribution in [3.63, 3.8) is 0 Å². The van der Waals surface area contributed by atoms with Crippen LogP contribution in [0, 0.1) is 25.6 Å². The minimum absolute atomic E-state index is 0.174. The molecule has 1 heterocycles. The second-order valence-corrected chi connectivity index (χ2v) is 7.33. The molecular formula is C22H27F4N3. The first-order chi connectivity index (χ1) is 13.5. The Kier molecular flexibility index (Phi) is 7.41. The Hall–Kier alpha value is -2.41. The standard InChI is InChI=1S/C22H27F4N3/c1-6-13(2)19(10-17-11-20(23)15(4)9-14(17)3)21-8-7-18(12-27-21)29-28-16(5)22(24,25)26/h7-13,16,28-29H,6H2,1-5H3/b19-10+. The van der Waals surface area contributed by atoms with Gasteiger partial charge in [-0.3, -0.25) is 4.98 Å². The van der Waals surface area contributed by atoms with Crippen LogP contribution in [0.2, 0.25) is 0 Å². The van der Waals surface area contributed by atoms with E-state index in [1.54, 1.807) is 19.1 Å². The van der Waals surface area contributed by atoms with Gasteiger partial charge in [0.05, 0.1) is 17.6 Å². The normalized spacial score (nSPS) is 14.6. The monoisotopic (exact) mass is 409 g/mol. The van der Waals surface area contributed by atoms with Crippen molar-refractivity contribution in [1.29, 1.82) is 0 Å². The highest BCUT2D eigenvalue weighted by molar-refractivity contribution is 5.82. The van der Waals surface area contributed by atoms with Gasteiger partial charge in [-0.1, -0.05) is 19.9 Å². The van der Waals surface area contributed by atoms with E-state index < -0.39 is 12.2 Å². The molecule has 2 unspecified atom stereocenters. The van der Waals surface area contributed by atoms with Crippen molar-refractivity contribution < 1.29 is 17.6 Å². The molecule has 29 heavy (non-hydrogen) atoms. The molecule has 2 aromatic rings. The van der Waals surface area contributed by atoms with Crippen LogP contribution in [0.3, 0.4) is 0 Å². The Morgan fingerprint density at radius 3 is 2.38 bits per heavy atom. The summed E-state index contributed by atoms with van der Waals surface area (Å²) >= 11 is 0. The minimum Gasteiger partial charge on any atom is -0.319 e. The number of nitrogens with zero attached hydrogens (tertiary/aromatic N) is 1. The third kappa shape index (κ3) is 6.03. The number of pyridine rings is 1. The molecule has 0 aliphatic carbocycles. The summed E-state index contributed by atoms with van der Waals surface area (Å²) in [6.07, 6.45) is -0.0603. The highest BCUT2D eigenvalue weighted by Crippen LogP contribution is 2.29. The van der Waals surface area contributed by atoms with E-state index in [9.17, 15) is 17.6 Å². The average molecular weight is 409 g/mol. The van der Waals surface area contributed by atoms with Crippen molar-refractivity contribution in [2.75, 3.05) is 5.43 Å². The Balaban J connectivity index is 2.29. The molecule has 0 aliphatic heterocycles. The number of aryl methyl sites for hydroxylation is 2. The summed E-state index contributed by atoms with van der Waals surface area (Å²) in [5.74, 6) is -0.0869. The van der Waals surface area contributed by atoms with E-state index in [2.05, 4.69) is 29.7 Å². The number of aromatic nitrogens is 1. The lowest BCUT2D eigenvalue weighted by Crippen LogP contribution is -2.42. The van der Waals surface area contributed by atoms with Crippen LogP contribution in [0.15, 0.2) is 30.5 Å². The lowest BCUT2D eigenvalue weighted by Gasteiger charge is -2.19. The van der Waals surface area contributed by atoms with E-state index in [0.717, 1.165) is 30.0 Å². The molecule has 1 aromatic carbocycles. The van der Waals surface area contributed by atoms with Gasteiger partial charge < -0.3 is 5.43 Å². The smallest absolute Gasteiger partial charge is 0.319 e. The number of rotatable bonds is 7. The Labute approximate surface area is 169 Å². The molecule has 0 bridgehead atoms. The fourth-order valence-corrected chi connectivity index (χ4v) is 2.76. The number of hydrogen-bond acceptors (Lipinski definition) is 3. The van der Waals surface area contributed by atoms with Gasteiger partial charge in [0, 0.05) is 0 Å². The van der Waals surface area contributed by atoms with Crippen molar-refractivity contribution in [2.24, 2.45) is 5.92 Å². The second kappa shape index (κ2) is 9.39. The summed E-state index contributed by atoms with van der Waals surface area (Å²) in [4.78, 5) is 4.41. The summed E-state index contributed by atoms with van der Waals surface area (Å²) in [7, 11) is 0. The summed E-state index contributed by atoms with van der Waals surface area (Å²) in [6, 6.07) is 5.05. The van der Waals surface area contributed by atoms with Crippen LogP contribution >= 0.6 is 0 Å². The fraction of sp³-hybridized carbons (Fsp3) is 0.409. The van der Waals surface area contributed by atoms with Crippen LogP contribution in [0.5, 0.6) is 0 Å². The van der Waals surface area contributed by atoms with Gasteiger partial charge in [0.25, 0.3) is 0 Å². The van der Waals surface area contributed by atoms with Crippen LogP contribution in [0.4, 0.5) is 23.2 Å². The van der Waals surface area contributed by atoms with Crippen molar-refractivity contribution in [2.45, 2.75) is 53.3 Å².